The summed E-state index contributed by atoms with van der Waals surface area (Å²) in [6.07, 6.45) is 11.5. The van der Waals surface area contributed by atoms with Gasteiger partial charge in [-0.1, -0.05) is 44.8 Å². The fraction of sp³-hybridized carbons (Fsp3) is 0.793. The number of fused-ring (bicyclic) bond motifs is 5. The second-order valence-corrected chi connectivity index (χ2v) is 12.4. The number of rotatable bonds is 8. The van der Waals surface area contributed by atoms with E-state index in [0.717, 1.165) is 37.8 Å². The van der Waals surface area contributed by atoms with Gasteiger partial charge in [0.1, 0.15) is 11.8 Å². The predicted molar refractivity (Wildman–Crippen MR) is 138 cm³/mol. The third kappa shape index (κ3) is 4.74. The predicted octanol–water partition coefficient (Wildman–Crippen LogP) is 5.14. The van der Waals surface area contributed by atoms with Crippen LogP contribution in [-0.2, 0) is 19.2 Å². The van der Waals surface area contributed by atoms with Gasteiger partial charge in [-0.3, -0.25) is 9.59 Å². The number of carbonyl (C=O) groups excluding carboxylic acids is 2. The van der Waals surface area contributed by atoms with Crippen LogP contribution in [0.5, 0.6) is 0 Å². The zero-order valence-corrected chi connectivity index (χ0v) is 22.6. The van der Waals surface area contributed by atoms with Crippen molar-refractivity contribution in [2.45, 2.75) is 98.4 Å². The number of hydrogen-bond donors (Lipinski definition) is 2. The summed E-state index contributed by atoms with van der Waals surface area (Å²) in [5, 5.41) is 16.2. The molecule has 0 aromatic heterocycles. The highest BCUT2D eigenvalue weighted by Crippen LogP contribution is 2.66. The number of nitrogens with one attached hydrogen (secondary N) is 1. The fourth-order valence-electron chi connectivity index (χ4n) is 8.38. The van der Waals surface area contributed by atoms with Crippen molar-refractivity contribution in [1.82, 2.24) is 5.32 Å². The van der Waals surface area contributed by atoms with Gasteiger partial charge in [0.15, 0.2) is 6.61 Å². The van der Waals surface area contributed by atoms with Crippen LogP contribution in [-0.4, -0.2) is 41.1 Å². The van der Waals surface area contributed by atoms with Crippen molar-refractivity contribution in [3.63, 3.8) is 0 Å². The number of oxime groups is 1. The highest BCUT2D eigenvalue weighted by molar-refractivity contribution is 5.96. The zero-order valence-electron chi connectivity index (χ0n) is 22.6. The number of carboxylic acid groups (broad SMARTS) is 1. The Morgan fingerprint density at radius 1 is 1.14 bits per heavy atom. The molecule has 3 saturated carbocycles. The number of nitrogens with zero attached hydrogens (tertiary/aromatic N) is 1. The summed E-state index contributed by atoms with van der Waals surface area (Å²) in [7, 11) is 0. The molecule has 3 fully saturated rings. The third-order valence-corrected chi connectivity index (χ3v) is 10.6. The van der Waals surface area contributed by atoms with Crippen LogP contribution in [0.15, 0.2) is 16.8 Å². The number of ketones is 1. The summed E-state index contributed by atoms with van der Waals surface area (Å²) in [5.41, 5.74) is 2.66. The van der Waals surface area contributed by atoms with E-state index in [1.807, 2.05) is 6.92 Å². The van der Waals surface area contributed by atoms with Gasteiger partial charge in [-0.05, 0) is 98.9 Å². The van der Waals surface area contributed by atoms with Gasteiger partial charge in [-0.15, -0.1) is 0 Å². The summed E-state index contributed by atoms with van der Waals surface area (Å²) < 4.78 is 0. The Morgan fingerprint density at radius 3 is 2.56 bits per heavy atom. The number of allylic oxidation sites excluding steroid dienone is 2. The van der Waals surface area contributed by atoms with Gasteiger partial charge in [0, 0.05) is 5.92 Å². The molecule has 1 amide bonds. The smallest absolute Gasteiger partial charge is 0.326 e. The van der Waals surface area contributed by atoms with Crippen LogP contribution in [0.3, 0.4) is 0 Å². The summed E-state index contributed by atoms with van der Waals surface area (Å²) >= 11 is 0. The minimum absolute atomic E-state index is 0.163. The van der Waals surface area contributed by atoms with Crippen molar-refractivity contribution in [2.75, 3.05) is 6.61 Å². The van der Waals surface area contributed by atoms with Gasteiger partial charge in [-0.25, -0.2) is 4.79 Å². The lowest BCUT2D eigenvalue weighted by Crippen LogP contribution is -2.51. The monoisotopic (exact) mass is 500 g/mol. The zero-order chi connectivity index (χ0) is 26.3. The molecule has 2 N–H and O–H groups in total. The quantitative estimate of drug-likeness (QED) is 0.449. The topological polar surface area (TPSA) is 105 Å². The van der Waals surface area contributed by atoms with E-state index in [4.69, 9.17) is 4.84 Å². The fourth-order valence-corrected chi connectivity index (χ4v) is 8.38. The average molecular weight is 501 g/mol. The maximum Gasteiger partial charge on any atom is 0.326 e. The van der Waals surface area contributed by atoms with E-state index in [1.54, 1.807) is 13.8 Å². The lowest BCUT2D eigenvalue weighted by molar-refractivity contribution is -0.144. The molecule has 0 spiro atoms. The molecule has 4 aliphatic rings. The van der Waals surface area contributed by atoms with Crippen LogP contribution in [0.25, 0.3) is 0 Å². The Kier molecular flexibility index (Phi) is 7.68. The van der Waals surface area contributed by atoms with Gasteiger partial charge >= 0.3 is 5.97 Å². The second-order valence-electron chi connectivity index (χ2n) is 12.4. The maximum atomic E-state index is 12.4. The van der Waals surface area contributed by atoms with Crippen molar-refractivity contribution in [1.29, 1.82) is 0 Å². The number of Topliss-reactive ketones (excluding diaryl/α,β-unsaturated/α-hetero) is 1. The summed E-state index contributed by atoms with van der Waals surface area (Å²) in [6.45, 7) is 10.0. The molecule has 0 saturated heterocycles. The van der Waals surface area contributed by atoms with Gasteiger partial charge < -0.3 is 15.3 Å². The lowest BCUT2D eigenvalue weighted by atomic mass is 9.46. The Balaban J connectivity index is 1.39. The first kappa shape index (κ1) is 26.9. The molecule has 8 atom stereocenters. The first-order valence-corrected chi connectivity index (χ1v) is 13.9. The molecule has 5 unspecified atom stereocenters. The summed E-state index contributed by atoms with van der Waals surface area (Å²) in [6, 6.07) is -0.922. The van der Waals surface area contributed by atoms with Crippen LogP contribution in [0.4, 0.5) is 0 Å². The van der Waals surface area contributed by atoms with E-state index in [-0.39, 0.29) is 29.3 Å². The second kappa shape index (κ2) is 10.3. The molecule has 0 radical (unpaired) electrons. The molecule has 0 aromatic rings. The SMILES string of the molecule is CCC(C)C(NC(=O)CON=C1C=C2CC[C@H]3C4CCC(C(C)=O)[C@@]4(C)CCC3[C@@]2(C)CC1)C(=O)O. The molecule has 200 valence electrons. The molecule has 0 heterocycles. The minimum Gasteiger partial charge on any atom is -0.480 e. The van der Waals surface area contributed by atoms with E-state index in [1.165, 1.54) is 24.8 Å². The van der Waals surface area contributed by atoms with Crippen LogP contribution in [0.2, 0.25) is 0 Å². The van der Waals surface area contributed by atoms with E-state index < -0.39 is 17.9 Å². The average Bonchev–Trinajstić information content (AvgIpc) is 3.19. The number of carboxylic acids is 1. The highest BCUT2D eigenvalue weighted by atomic mass is 16.6. The largest absolute Gasteiger partial charge is 0.480 e. The van der Waals surface area contributed by atoms with Crippen molar-refractivity contribution in [3.05, 3.63) is 11.6 Å². The van der Waals surface area contributed by atoms with Gasteiger partial charge in [0.2, 0.25) is 0 Å². The Bertz CT molecular complexity index is 957. The van der Waals surface area contributed by atoms with Gasteiger partial charge in [0.25, 0.3) is 5.91 Å². The number of aliphatic carboxylic acids is 1. The lowest BCUT2D eigenvalue weighted by Gasteiger charge is -2.58. The first-order chi connectivity index (χ1) is 17.0. The number of hydrogen-bond acceptors (Lipinski definition) is 5. The minimum atomic E-state index is -1.03. The molecule has 36 heavy (non-hydrogen) atoms. The molecule has 0 aliphatic heterocycles. The number of carbonyl (C=O) groups is 3. The standard InChI is InChI=1S/C29H44N2O5/c1-6-17(2)26(27(34)35)30-25(33)16-36-31-20-11-13-28(4)19(15-20)7-8-21-23-10-9-22(18(3)32)29(23,5)14-12-24(21)28/h15,17,21-24,26H,6-14,16H2,1-5H3,(H,30,33)(H,34,35)/t17?,21-,22?,23?,24?,26?,28-,29+/m0/s1. The molecule has 7 nitrogen and oxygen atoms in total. The molecule has 0 bridgehead atoms. The van der Waals surface area contributed by atoms with Gasteiger partial charge in [0.05, 0.1) is 5.71 Å². The normalized spacial score (nSPS) is 38.1. The van der Waals surface area contributed by atoms with Crippen molar-refractivity contribution in [2.24, 2.45) is 45.6 Å². The maximum absolute atomic E-state index is 12.4. The van der Waals surface area contributed by atoms with Crippen LogP contribution < -0.4 is 5.32 Å². The third-order valence-electron chi connectivity index (χ3n) is 10.6. The highest BCUT2D eigenvalue weighted by Gasteiger charge is 2.59. The molecular weight excluding hydrogens is 456 g/mol. The Hall–Kier alpha value is -2.18. The van der Waals surface area contributed by atoms with Gasteiger partial charge in [-0.2, -0.15) is 0 Å². The molecule has 4 aliphatic carbocycles. The van der Waals surface area contributed by atoms with Crippen molar-refractivity contribution < 1.29 is 24.3 Å². The first-order valence-electron chi connectivity index (χ1n) is 13.9. The summed E-state index contributed by atoms with van der Waals surface area (Å²) in [4.78, 5) is 41.4. The number of amides is 1. The van der Waals surface area contributed by atoms with Crippen LogP contribution in [0, 0.1) is 40.4 Å². The van der Waals surface area contributed by atoms with Crippen LogP contribution in [0.1, 0.15) is 92.4 Å². The van der Waals surface area contributed by atoms with E-state index in [9.17, 15) is 19.5 Å². The Labute approximate surface area is 215 Å². The molecule has 0 aromatic carbocycles. The molecular formula is C29H44N2O5. The summed E-state index contributed by atoms with van der Waals surface area (Å²) in [5.74, 6) is 0.967. The molecule has 4 rings (SSSR count). The van der Waals surface area contributed by atoms with Crippen molar-refractivity contribution >= 4 is 23.4 Å². The van der Waals surface area contributed by atoms with Crippen LogP contribution >= 0.6 is 0 Å². The van der Waals surface area contributed by atoms with Crippen molar-refractivity contribution in [3.8, 4) is 0 Å². The van der Waals surface area contributed by atoms with E-state index >= 15 is 0 Å². The van der Waals surface area contributed by atoms with E-state index in [2.05, 4.69) is 30.4 Å². The molecule has 7 heteroatoms. The Morgan fingerprint density at radius 2 is 1.89 bits per heavy atom. The van der Waals surface area contributed by atoms with E-state index in [0.29, 0.717) is 30.0 Å².